The van der Waals surface area contributed by atoms with Gasteiger partial charge in [0.05, 0.1) is 27.9 Å². The Labute approximate surface area is 143 Å². The van der Waals surface area contributed by atoms with E-state index in [4.69, 9.17) is 14.2 Å². The average Bonchev–Trinajstić information content (AvgIpc) is 2.64. The van der Waals surface area contributed by atoms with Crippen LogP contribution >= 0.6 is 0 Å². The molecule has 1 aliphatic rings. The zero-order chi connectivity index (χ0) is 17.5. The van der Waals surface area contributed by atoms with Gasteiger partial charge in [0.2, 0.25) is 5.75 Å². The molecule has 1 saturated carbocycles. The zero-order valence-electron chi connectivity index (χ0n) is 14.7. The largest absolute Gasteiger partial charge is 0.493 e. The Morgan fingerprint density at radius 1 is 1.08 bits per heavy atom. The molecule has 0 aliphatic heterocycles. The summed E-state index contributed by atoms with van der Waals surface area (Å²) in [4.78, 5) is 14.8. The minimum absolute atomic E-state index is 0.0489. The van der Waals surface area contributed by atoms with Crippen LogP contribution in [0.3, 0.4) is 0 Å². The molecule has 0 spiro atoms. The van der Waals surface area contributed by atoms with Crippen molar-refractivity contribution in [1.29, 1.82) is 0 Å². The van der Waals surface area contributed by atoms with Crippen LogP contribution in [0.2, 0.25) is 0 Å². The van der Waals surface area contributed by atoms with E-state index in [0.717, 1.165) is 25.7 Å². The maximum atomic E-state index is 13.0. The maximum absolute atomic E-state index is 13.0. The number of hydrogen-bond donors (Lipinski definition) is 1. The lowest BCUT2D eigenvalue weighted by atomic mass is 9.93. The fourth-order valence-electron chi connectivity index (χ4n) is 3.32. The number of carbonyl (C=O) groups is 1. The molecule has 6 nitrogen and oxygen atoms in total. The van der Waals surface area contributed by atoms with Crippen molar-refractivity contribution in [3.05, 3.63) is 17.7 Å². The normalized spacial score (nSPS) is 15.0. The van der Waals surface area contributed by atoms with Crippen LogP contribution in [0.4, 0.5) is 0 Å². The van der Waals surface area contributed by atoms with Gasteiger partial charge in [0.1, 0.15) is 0 Å². The Balaban J connectivity index is 2.34. The molecule has 1 fully saturated rings. The van der Waals surface area contributed by atoms with E-state index < -0.39 is 0 Å². The summed E-state index contributed by atoms with van der Waals surface area (Å²) in [6.45, 7) is 0.285. The summed E-state index contributed by atoms with van der Waals surface area (Å²) in [5.41, 5.74) is 0.475. The van der Waals surface area contributed by atoms with Gasteiger partial charge in [-0.2, -0.15) is 0 Å². The first kappa shape index (κ1) is 18.4. The van der Waals surface area contributed by atoms with Gasteiger partial charge in [0.25, 0.3) is 5.91 Å². The van der Waals surface area contributed by atoms with Crippen LogP contribution in [-0.2, 0) is 0 Å². The van der Waals surface area contributed by atoms with E-state index in [9.17, 15) is 9.90 Å². The fraction of sp³-hybridized carbons (Fsp3) is 0.611. The Bertz CT molecular complexity index is 529. The van der Waals surface area contributed by atoms with Gasteiger partial charge in [-0.05, 0) is 25.0 Å². The molecule has 0 aromatic heterocycles. The summed E-state index contributed by atoms with van der Waals surface area (Å²) in [5, 5.41) is 9.38. The van der Waals surface area contributed by atoms with Crippen molar-refractivity contribution in [2.75, 3.05) is 34.5 Å². The Kier molecular flexibility index (Phi) is 6.73. The minimum Gasteiger partial charge on any atom is -0.493 e. The van der Waals surface area contributed by atoms with E-state index in [-0.39, 0.29) is 18.6 Å². The lowest BCUT2D eigenvalue weighted by Gasteiger charge is -2.34. The number of carbonyl (C=O) groups excluding carboxylic acids is 1. The molecule has 0 atom stereocenters. The average molecular weight is 337 g/mol. The minimum atomic E-state index is -0.116. The summed E-state index contributed by atoms with van der Waals surface area (Å²) in [5.74, 6) is 1.25. The second-order valence-corrected chi connectivity index (χ2v) is 5.93. The summed E-state index contributed by atoms with van der Waals surface area (Å²) >= 11 is 0. The molecule has 1 N–H and O–H groups in total. The maximum Gasteiger partial charge on any atom is 0.254 e. The lowest BCUT2D eigenvalue weighted by molar-refractivity contribution is 0.0584. The van der Waals surface area contributed by atoms with Gasteiger partial charge < -0.3 is 24.2 Å². The standard InChI is InChI=1S/C18H27NO5/c1-22-15-11-13(12-16(23-2)17(15)24-3)18(21)19(9-10-20)14-7-5-4-6-8-14/h11-12,14,20H,4-10H2,1-3H3. The second-order valence-electron chi connectivity index (χ2n) is 5.93. The molecule has 1 amide bonds. The van der Waals surface area contributed by atoms with E-state index >= 15 is 0 Å². The highest BCUT2D eigenvalue weighted by Gasteiger charge is 2.27. The van der Waals surface area contributed by atoms with Gasteiger partial charge in [-0.1, -0.05) is 19.3 Å². The molecule has 6 heteroatoms. The first-order valence-electron chi connectivity index (χ1n) is 8.38. The lowest BCUT2D eigenvalue weighted by Crippen LogP contribution is -2.43. The van der Waals surface area contributed by atoms with E-state index in [1.165, 1.54) is 27.8 Å². The van der Waals surface area contributed by atoms with Crippen LogP contribution in [-0.4, -0.2) is 56.4 Å². The number of rotatable bonds is 7. The number of benzene rings is 1. The molecular weight excluding hydrogens is 310 g/mol. The van der Waals surface area contributed by atoms with Gasteiger partial charge in [-0.25, -0.2) is 0 Å². The number of aliphatic hydroxyl groups is 1. The van der Waals surface area contributed by atoms with Gasteiger partial charge in [-0.3, -0.25) is 4.79 Å². The van der Waals surface area contributed by atoms with E-state index in [1.807, 2.05) is 0 Å². The molecule has 0 saturated heterocycles. The van der Waals surface area contributed by atoms with Crippen molar-refractivity contribution in [2.45, 2.75) is 38.1 Å². The van der Waals surface area contributed by atoms with E-state index in [0.29, 0.717) is 29.4 Å². The van der Waals surface area contributed by atoms with Crippen LogP contribution in [0, 0.1) is 0 Å². The molecule has 24 heavy (non-hydrogen) atoms. The Morgan fingerprint density at radius 3 is 2.12 bits per heavy atom. The third kappa shape index (κ3) is 3.93. The molecule has 134 valence electrons. The van der Waals surface area contributed by atoms with Gasteiger partial charge in [0.15, 0.2) is 11.5 Å². The topological polar surface area (TPSA) is 68.2 Å². The SMILES string of the molecule is COc1cc(C(=O)N(CCO)C2CCCCC2)cc(OC)c1OC. The molecule has 1 aromatic rings. The highest BCUT2D eigenvalue weighted by molar-refractivity contribution is 5.96. The summed E-state index contributed by atoms with van der Waals surface area (Å²) < 4.78 is 16.0. The van der Waals surface area contributed by atoms with Crippen LogP contribution in [0.1, 0.15) is 42.5 Å². The van der Waals surface area contributed by atoms with E-state index in [1.54, 1.807) is 17.0 Å². The molecule has 0 bridgehead atoms. The number of methoxy groups -OCH3 is 3. The van der Waals surface area contributed by atoms with Crippen molar-refractivity contribution >= 4 is 5.91 Å². The van der Waals surface area contributed by atoms with Crippen molar-refractivity contribution < 1.29 is 24.1 Å². The quantitative estimate of drug-likeness (QED) is 0.828. The Morgan fingerprint density at radius 2 is 1.67 bits per heavy atom. The highest BCUT2D eigenvalue weighted by Crippen LogP contribution is 2.38. The van der Waals surface area contributed by atoms with Crippen LogP contribution in [0.5, 0.6) is 17.2 Å². The van der Waals surface area contributed by atoms with E-state index in [2.05, 4.69) is 0 Å². The molecule has 0 heterocycles. The van der Waals surface area contributed by atoms with Crippen molar-refractivity contribution in [1.82, 2.24) is 4.90 Å². The second kappa shape index (κ2) is 8.78. The van der Waals surface area contributed by atoms with Crippen LogP contribution in [0.25, 0.3) is 0 Å². The first-order chi connectivity index (χ1) is 11.7. The summed E-state index contributed by atoms with van der Waals surface area (Å²) in [6.07, 6.45) is 5.42. The monoisotopic (exact) mass is 337 g/mol. The van der Waals surface area contributed by atoms with Crippen LogP contribution < -0.4 is 14.2 Å². The molecule has 0 unspecified atom stereocenters. The molecule has 0 radical (unpaired) electrons. The van der Waals surface area contributed by atoms with Crippen molar-refractivity contribution in [2.24, 2.45) is 0 Å². The van der Waals surface area contributed by atoms with Crippen molar-refractivity contribution in [3.8, 4) is 17.2 Å². The summed E-state index contributed by atoms with van der Waals surface area (Å²) in [7, 11) is 4.58. The summed E-state index contributed by atoms with van der Waals surface area (Å²) in [6, 6.07) is 3.51. The van der Waals surface area contributed by atoms with Gasteiger partial charge in [-0.15, -0.1) is 0 Å². The fourth-order valence-corrected chi connectivity index (χ4v) is 3.32. The smallest absolute Gasteiger partial charge is 0.254 e. The number of aliphatic hydroxyl groups excluding tert-OH is 1. The third-order valence-electron chi connectivity index (χ3n) is 4.53. The predicted octanol–water partition coefficient (Wildman–Crippen LogP) is 2.48. The third-order valence-corrected chi connectivity index (χ3v) is 4.53. The first-order valence-corrected chi connectivity index (χ1v) is 8.38. The zero-order valence-corrected chi connectivity index (χ0v) is 14.7. The molecule has 1 aliphatic carbocycles. The van der Waals surface area contributed by atoms with Gasteiger partial charge in [0, 0.05) is 18.2 Å². The van der Waals surface area contributed by atoms with Crippen LogP contribution in [0.15, 0.2) is 12.1 Å². The molecule has 2 rings (SSSR count). The number of nitrogens with zero attached hydrogens (tertiary/aromatic N) is 1. The molecule has 1 aromatic carbocycles. The Hall–Kier alpha value is -1.95. The van der Waals surface area contributed by atoms with Gasteiger partial charge >= 0.3 is 0 Å². The number of ether oxygens (including phenoxy) is 3. The number of amides is 1. The predicted molar refractivity (Wildman–Crippen MR) is 91.1 cm³/mol. The van der Waals surface area contributed by atoms with Crippen molar-refractivity contribution in [3.63, 3.8) is 0 Å². The molecular formula is C18H27NO5. The highest BCUT2D eigenvalue weighted by atomic mass is 16.5. The number of hydrogen-bond acceptors (Lipinski definition) is 5.